The van der Waals surface area contributed by atoms with Crippen LogP contribution in [0.25, 0.3) is 6.08 Å². The van der Waals surface area contributed by atoms with E-state index in [0.717, 1.165) is 28.6 Å². The van der Waals surface area contributed by atoms with Gasteiger partial charge in [0.1, 0.15) is 0 Å². The lowest BCUT2D eigenvalue weighted by atomic mass is 10.1. The van der Waals surface area contributed by atoms with Crippen LogP contribution in [0, 0.1) is 13.8 Å². The van der Waals surface area contributed by atoms with E-state index in [1.807, 2.05) is 48.9 Å². The summed E-state index contributed by atoms with van der Waals surface area (Å²) in [6.07, 6.45) is 2.77. The van der Waals surface area contributed by atoms with Crippen LogP contribution in [0.3, 0.4) is 0 Å². The van der Waals surface area contributed by atoms with Crippen molar-refractivity contribution in [1.82, 2.24) is 9.78 Å². The van der Waals surface area contributed by atoms with Crippen molar-refractivity contribution in [3.05, 3.63) is 58.9 Å². The SMILES string of the molecule is Cc1cc(C)n(Cc2ccccc2C=CC(=O)O)n1. The molecule has 0 unspecified atom stereocenters. The van der Waals surface area contributed by atoms with Crippen LogP contribution < -0.4 is 0 Å². The fraction of sp³-hybridized carbons (Fsp3) is 0.200. The molecule has 0 saturated heterocycles. The molecule has 2 aromatic rings. The molecule has 1 aromatic carbocycles. The minimum Gasteiger partial charge on any atom is -0.478 e. The van der Waals surface area contributed by atoms with Gasteiger partial charge in [-0.25, -0.2) is 4.79 Å². The first-order chi connectivity index (χ1) is 9.06. The Kier molecular flexibility index (Phi) is 3.80. The van der Waals surface area contributed by atoms with Gasteiger partial charge in [0, 0.05) is 11.8 Å². The highest BCUT2D eigenvalue weighted by atomic mass is 16.4. The molecule has 4 heteroatoms. The van der Waals surface area contributed by atoms with Crippen LogP contribution in [-0.2, 0) is 11.3 Å². The second-order valence-electron chi connectivity index (χ2n) is 4.46. The number of nitrogens with zero attached hydrogens (tertiary/aromatic N) is 2. The zero-order valence-electron chi connectivity index (χ0n) is 11.0. The maximum atomic E-state index is 10.6. The fourth-order valence-corrected chi connectivity index (χ4v) is 2.00. The molecule has 0 saturated carbocycles. The third-order valence-electron chi connectivity index (χ3n) is 2.88. The summed E-state index contributed by atoms with van der Waals surface area (Å²) < 4.78 is 1.92. The van der Waals surface area contributed by atoms with E-state index in [0.29, 0.717) is 6.54 Å². The number of carboxylic acid groups (broad SMARTS) is 1. The Morgan fingerprint density at radius 1 is 1.37 bits per heavy atom. The summed E-state index contributed by atoms with van der Waals surface area (Å²) in [7, 11) is 0. The molecule has 2 rings (SSSR count). The van der Waals surface area contributed by atoms with Gasteiger partial charge in [-0.05, 0) is 37.1 Å². The Hall–Kier alpha value is -2.36. The standard InChI is InChI=1S/C15H16N2O2/c1-11-9-12(2)17(16-11)10-14-6-4-3-5-13(14)7-8-15(18)19/h3-9H,10H2,1-2H3,(H,18,19). The number of aryl methyl sites for hydroxylation is 2. The Balaban J connectivity index is 2.30. The Bertz CT molecular complexity index is 627. The number of rotatable bonds is 4. The first-order valence-corrected chi connectivity index (χ1v) is 6.06. The van der Waals surface area contributed by atoms with Crippen LogP contribution in [0.15, 0.2) is 36.4 Å². The number of carbonyl (C=O) groups is 1. The number of aromatic nitrogens is 2. The Morgan fingerprint density at radius 2 is 2.11 bits per heavy atom. The summed E-state index contributed by atoms with van der Waals surface area (Å²) in [6, 6.07) is 9.75. The lowest BCUT2D eigenvalue weighted by molar-refractivity contribution is -0.131. The number of hydrogen-bond donors (Lipinski definition) is 1. The summed E-state index contributed by atoms with van der Waals surface area (Å²) in [4.78, 5) is 10.6. The van der Waals surface area contributed by atoms with E-state index in [1.165, 1.54) is 0 Å². The zero-order valence-corrected chi connectivity index (χ0v) is 11.0. The van der Waals surface area contributed by atoms with Gasteiger partial charge in [0.05, 0.1) is 12.2 Å². The molecule has 0 radical (unpaired) electrons. The van der Waals surface area contributed by atoms with Crippen LogP contribution in [0.2, 0.25) is 0 Å². The molecule has 0 atom stereocenters. The quantitative estimate of drug-likeness (QED) is 0.855. The summed E-state index contributed by atoms with van der Waals surface area (Å²) in [5.74, 6) is -0.944. The molecular formula is C15H16N2O2. The summed E-state index contributed by atoms with van der Waals surface area (Å²) >= 11 is 0. The van der Waals surface area contributed by atoms with E-state index in [-0.39, 0.29) is 0 Å². The van der Waals surface area contributed by atoms with Crippen molar-refractivity contribution >= 4 is 12.0 Å². The van der Waals surface area contributed by atoms with Gasteiger partial charge in [-0.3, -0.25) is 4.68 Å². The minimum atomic E-state index is -0.944. The third-order valence-corrected chi connectivity index (χ3v) is 2.88. The topological polar surface area (TPSA) is 55.1 Å². The van der Waals surface area contributed by atoms with Crippen molar-refractivity contribution in [1.29, 1.82) is 0 Å². The Morgan fingerprint density at radius 3 is 2.74 bits per heavy atom. The Labute approximate surface area is 112 Å². The molecule has 19 heavy (non-hydrogen) atoms. The van der Waals surface area contributed by atoms with Gasteiger partial charge in [0.2, 0.25) is 0 Å². The normalized spacial score (nSPS) is 11.1. The van der Waals surface area contributed by atoms with Gasteiger partial charge in [0.15, 0.2) is 0 Å². The highest BCUT2D eigenvalue weighted by molar-refractivity contribution is 5.85. The maximum Gasteiger partial charge on any atom is 0.328 e. The molecule has 0 aliphatic heterocycles. The third kappa shape index (κ3) is 3.31. The molecule has 0 bridgehead atoms. The van der Waals surface area contributed by atoms with E-state index in [9.17, 15) is 4.79 Å². The van der Waals surface area contributed by atoms with Crippen LogP contribution in [0.1, 0.15) is 22.5 Å². The molecule has 0 amide bonds. The van der Waals surface area contributed by atoms with Gasteiger partial charge >= 0.3 is 5.97 Å². The molecule has 0 aliphatic rings. The lowest BCUT2D eigenvalue weighted by Crippen LogP contribution is -2.05. The number of carboxylic acids is 1. The molecule has 0 fully saturated rings. The van der Waals surface area contributed by atoms with E-state index < -0.39 is 5.97 Å². The van der Waals surface area contributed by atoms with Crippen LogP contribution >= 0.6 is 0 Å². The smallest absolute Gasteiger partial charge is 0.328 e. The largest absolute Gasteiger partial charge is 0.478 e. The lowest BCUT2D eigenvalue weighted by Gasteiger charge is -2.08. The summed E-state index contributed by atoms with van der Waals surface area (Å²) in [6.45, 7) is 4.61. The maximum absolute atomic E-state index is 10.6. The van der Waals surface area contributed by atoms with Crippen molar-refractivity contribution in [2.45, 2.75) is 20.4 Å². The van der Waals surface area contributed by atoms with Gasteiger partial charge in [-0.1, -0.05) is 24.3 Å². The average Bonchev–Trinajstić information content (AvgIpc) is 2.67. The van der Waals surface area contributed by atoms with Crippen molar-refractivity contribution in [2.75, 3.05) is 0 Å². The van der Waals surface area contributed by atoms with Crippen molar-refractivity contribution in [2.24, 2.45) is 0 Å². The first kappa shape index (κ1) is 13.1. The molecule has 1 N–H and O–H groups in total. The van der Waals surface area contributed by atoms with Gasteiger partial charge in [-0.2, -0.15) is 5.10 Å². The molecule has 1 aromatic heterocycles. The highest BCUT2D eigenvalue weighted by Crippen LogP contribution is 2.14. The summed E-state index contributed by atoms with van der Waals surface area (Å²) in [5.41, 5.74) is 4.02. The first-order valence-electron chi connectivity index (χ1n) is 6.06. The molecule has 98 valence electrons. The van der Waals surface area contributed by atoms with Crippen molar-refractivity contribution in [3.8, 4) is 0 Å². The molecule has 0 aliphatic carbocycles. The molecule has 1 heterocycles. The highest BCUT2D eigenvalue weighted by Gasteiger charge is 2.04. The molecular weight excluding hydrogens is 240 g/mol. The second-order valence-corrected chi connectivity index (χ2v) is 4.46. The zero-order chi connectivity index (χ0) is 13.8. The monoisotopic (exact) mass is 256 g/mol. The predicted molar refractivity (Wildman–Crippen MR) is 73.9 cm³/mol. The predicted octanol–water partition coefficient (Wildman–Crippen LogP) is 2.65. The van der Waals surface area contributed by atoms with E-state index in [4.69, 9.17) is 5.11 Å². The molecule has 4 nitrogen and oxygen atoms in total. The average molecular weight is 256 g/mol. The van der Waals surface area contributed by atoms with Crippen molar-refractivity contribution in [3.63, 3.8) is 0 Å². The number of hydrogen-bond acceptors (Lipinski definition) is 2. The molecule has 0 spiro atoms. The van der Waals surface area contributed by atoms with Crippen LogP contribution in [-0.4, -0.2) is 20.9 Å². The van der Waals surface area contributed by atoms with Crippen molar-refractivity contribution < 1.29 is 9.90 Å². The fourth-order valence-electron chi connectivity index (χ4n) is 2.00. The van der Waals surface area contributed by atoms with E-state index >= 15 is 0 Å². The number of benzene rings is 1. The van der Waals surface area contributed by atoms with Crippen LogP contribution in [0.5, 0.6) is 0 Å². The van der Waals surface area contributed by atoms with E-state index in [2.05, 4.69) is 5.10 Å². The minimum absolute atomic E-state index is 0.639. The van der Waals surface area contributed by atoms with Gasteiger partial charge in [0.25, 0.3) is 0 Å². The van der Waals surface area contributed by atoms with E-state index in [1.54, 1.807) is 6.08 Å². The summed E-state index contributed by atoms with van der Waals surface area (Å²) in [5, 5.41) is 13.1. The van der Waals surface area contributed by atoms with Gasteiger partial charge < -0.3 is 5.11 Å². The number of aliphatic carboxylic acids is 1. The van der Waals surface area contributed by atoms with Crippen LogP contribution in [0.4, 0.5) is 0 Å². The van der Waals surface area contributed by atoms with Gasteiger partial charge in [-0.15, -0.1) is 0 Å². The second kappa shape index (κ2) is 5.52.